The molecule has 0 fully saturated rings. The molecular weight excluding hydrogens is 346 g/mol. The van der Waals surface area contributed by atoms with Crippen LogP contribution in [0.25, 0.3) is 17.2 Å². The molecule has 4 aromatic rings. The third kappa shape index (κ3) is 3.13. The summed E-state index contributed by atoms with van der Waals surface area (Å²) in [4.78, 5) is 9.06. The molecule has 5 nitrogen and oxygen atoms in total. The summed E-state index contributed by atoms with van der Waals surface area (Å²) in [6.07, 6.45) is 0. The molecule has 0 spiro atoms. The average Bonchev–Trinajstić information content (AvgIpc) is 3.03. The molecule has 2 heterocycles. The molecular formula is C20H18ClN5. The van der Waals surface area contributed by atoms with E-state index in [1.54, 1.807) is 4.52 Å². The number of benzene rings is 2. The molecule has 1 N–H and O–H groups in total. The van der Waals surface area contributed by atoms with E-state index in [9.17, 15) is 0 Å². The van der Waals surface area contributed by atoms with Gasteiger partial charge in [0.05, 0.1) is 0 Å². The van der Waals surface area contributed by atoms with E-state index in [4.69, 9.17) is 11.6 Å². The average molecular weight is 364 g/mol. The predicted molar refractivity (Wildman–Crippen MR) is 105 cm³/mol. The van der Waals surface area contributed by atoms with Gasteiger partial charge in [0.25, 0.3) is 5.78 Å². The highest BCUT2D eigenvalue weighted by Crippen LogP contribution is 2.23. The van der Waals surface area contributed by atoms with Crippen LogP contribution < -0.4 is 5.32 Å². The quantitative estimate of drug-likeness (QED) is 0.549. The van der Waals surface area contributed by atoms with Gasteiger partial charge < -0.3 is 5.32 Å². The summed E-state index contributed by atoms with van der Waals surface area (Å²) < 4.78 is 1.73. The van der Waals surface area contributed by atoms with Crippen LogP contribution in [-0.2, 0) is 0 Å². The Hall–Kier alpha value is -2.92. The van der Waals surface area contributed by atoms with Crippen LogP contribution in [0, 0.1) is 20.8 Å². The van der Waals surface area contributed by atoms with E-state index in [0.29, 0.717) is 16.6 Å². The van der Waals surface area contributed by atoms with Crippen molar-refractivity contribution in [3.05, 3.63) is 70.4 Å². The van der Waals surface area contributed by atoms with Crippen LogP contribution in [-0.4, -0.2) is 19.6 Å². The van der Waals surface area contributed by atoms with Crippen LogP contribution in [0.15, 0.2) is 48.5 Å². The molecule has 4 rings (SSSR count). The molecule has 2 aromatic heterocycles. The maximum atomic E-state index is 5.97. The highest BCUT2D eigenvalue weighted by atomic mass is 35.5. The van der Waals surface area contributed by atoms with E-state index in [0.717, 1.165) is 22.8 Å². The van der Waals surface area contributed by atoms with Gasteiger partial charge in [-0.2, -0.15) is 9.50 Å². The van der Waals surface area contributed by atoms with Crippen molar-refractivity contribution in [3.8, 4) is 11.4 Å². The lowest BCUT2D eigenvalue weighted by molar-refractivity contribution is 0.940. The fourth-order valence-corrected chi connectivity index (χ4v) is 2.89. The zero-order valence-electron chi connectivity index (χ0n) is 14.8. The van der Waals surface area contributed by atoms with Crippen molar-refractivity contribution in [2.24, 2.45) is 0 Å². The van der Waals surface area contributed by atoms with Crippen LogP contribution in [0.2, 0.25) is 5.02 Å². The van der Waals surface area contributed by atoms with Crippen LogP contribution >= 0.6 is 11.6 Å². The number of aryl methyl sites for hydroxylation is 3. The molecule has 0 aliphatic carbocycles. The van der Waals surface area contributed by atoms with E-state index in [1.807, 2.05) is 37.3 Å². The summed E-state index contributed by atoms with van der Waals surface area (Å²) in [6.45, 7) is 6.15. The van der Waals surface area contributed by atoms with Crippen molar-refractivity contribution < 1.29 is 0 Å². The standard InChI is InChI=1S/C20H18ClN5/c1-12-4-9-17(10-13(12)2)23-18-11-14(3)22-20-24-19(25-26(18)20)15-5-7-16(21)8-6-15/h4-11,23H,1-3H3. The van der Waals surface area contributed by atoms with Crippen molar-refractivity contribution in [1.82, 2.24) is 19.6 Å². The SMILES string of the molecule is Cc1cc(Nc2ccc(C)c(C)c2)n2nc(-c3ccc(Cl)cc3)nc2n1. The molecule has 6 heteroatoms. The highest BCUT2D eigenvalue weighted by Gasteiger charge is 2.12. The van der Waals surface area contributed by atoms with E-state index in [-0.39, 0.29) is 0 Å². The molecule has 0 saturated carbocycles. The lowest BCUT2D eigenvalue weighted by atomic mass is 10.1. The Balaban J connectivity index is 1.78. The first-order chi connectivity index (χ1) is 12.5. The number of fused-ring (bicyclic) bond motifs is 1. The second kappa shape index (κ2) is 6.42. The Morgan fingerprint density at radius 2 is 1.65 bits per heavy atom. The Morgan fingerprint density at radius 1 is 0.885 bits per heavy atom. The summed E-state index contributed by atoms with van der Waals surface area (Å²) >= 11 is 5.97. The summed E-state index contributed by atoms with van der Waals surface area (Å²) in [6, 6.07) is 15.7. The lowest BCUT2D eigenvalue weighted by Gasteiger charge is -2.10. The molecule has 0 radical (unpaired) electrons. The van der Waals surface area contributed by atoms with Gasteiger partial charge in [0, 0.05) is 28.0 Å². The van der Waals surface area contributed by atoms with Crippen molar-refractivity contribution in [3.63, 3.8) is 0 Å². The molecule has 0 unspecified atom stereocenters. The first kappa shape index (κ1) is 16.5. The molecule has 2 aromatic carbocycles. The second-order valence-electron chi connectivity index (χ2n) is 6.36. The minimum absolute atomic E-state index is 0.557. The third-order valence-corrected chi connectivity index (χ3v) is 4.57. The highest BCUT2D eigenvalue weighted by molar-refractivity contribution is 6.30. The third-order valence-electron chi connectivity index (χ3n) is 4.32. The first-order valence-corrected chi connectivity index (χ1v) is 8.72. The predicted octanol–water partition coefficient (Wildman–Crippen LogP) is 5.11. The van der Waals surface area contributed by atoms with Gasteiger partial charge in [-0.25, -0.2) is 4.98 Å². The number of aromatic nitrogens is 4. The molecule has 0 atom stereocenters. The number of anilines is 2. The zero-order chi connectivity index (χ0) is 18.3. The van der Waals surface area contributed by atoms with Gasteiger partial charge in [-0.05, 0) is 68.3 Å². The summed E-state index contributed by atoms with van der Waals surface area (Å²) in [5, 5.41) is 8.74. The van der Waals surface area contributed by atoms with Gasteiger partial charge in [-0.15, -0.1) is 5.10 Å². The molecule has 0 aliphatic heterocycles. The van der Waals surface area contributed by atoms with Gasteiger partial charge >= 0.3 is 0 Å². The monoisotopic (exact) mass is 363 g/mol. The summed E-state index contributed by atoms with van der Waals surface area (Å²) in [5.74, 6) is 1.99. The largest absolute Gasteiger partial charge is 0.340 e. The number of hydrogen-bond acceptors (Lipinski definition) is 4. The molecule has 0 saturated heterocycles. The number of rotatable bonds is 3. The Morgan fingerprint density at radius 3 is 2.38 bits per heavy atom. The van der Waals surface area contributed by atoms with Crippen LogP contribution in [0.3, 0.4) is 0 Å². The Labute approximate surface area is 156 Å². The molecule has 0 amide bonds. The fraction of sp³-hybridized carbons (Fsp3) is 0.150. The normalized spacial score (nSPS) is 11.1. The topological polar surface area (TPSA) is 55.1 Å². The van der Waals surface area contributed by atoms with Crippen molar-refractivity contribution in [2.45, 2.75) is 20.8 Å². The fourth-order valence-electron chi connectivity index (χ4n) is 2.76. The van der Waals surface area contributed by atoms with Gasteiger partial charge in [0.2, 0.25) is 0 Å². The van der Waals surface area contributed by atoms with Crippen molar-refractivity contribution in [2.75, 3.05) is 5.32 Å². The minimum Gasteiger partial charge on any atom is -0.340 e. The van der Waals surface area contributed by atoms with E-state index >= 15 is 0 Å². The van der Waals surface area contributed by atoms with Gasteiger partial charge in [-0.1, -0.05) is 17.7 Å². The Bertz CT molecular complexity index is 1100. The van der Waals surface area contributed by atoms with Crippen LogP contribution in [0.5, 0.6) is 0 Å². The minimum atomic E-state index is 0.557. The lowest BCUT2D eigenvalue weighted by Crippen LogP contribution is -2.03. The maximum Gasteiger partial charge on any atom is 0.254 e. The maximum absolute atomic E-state index is 5.97. The summed E-state index contributed by atoms with van der Waals surface area (Å²) in [5.41, 5.74) is 5.27. The molecule has 26 heavy (non-hydrogen) atoms. The van der Waals surface area contributed by atoms with Crippen LogP contribution in [0.4, 0.5) is 11.5 Å². The van der Waals surface area contributed by atoms with Crippen LogP contribution in [0.1, 0.15) is 16.8 Å². The molecule has 0 bridgehead atoms. The number of hydrogen-bond donors (Lipinski definition) is 1. The smallest absolute Gasteiger partial charge is 0.254 e. The van der Waals surface area contributed by atoms with Crippen molar-refractivity contribution >= 4 is 28.9 Å². The number of nitrogens with one attached hydrogen (secondary N) is 1. The van der Waals surface area contributed by atoms with E-state index < -0.39 is 0 Å². The van der Waals surface area contributed by atoms with Gasteiger partial charge in [-0.3, -0.25) is 0 Å². The van der Waals surface area contributed by atoms with E-state index in [1.165, 1.54) is 11.1 Å². The first-order valence-electron chi connectivity index (χ1n) is 8.34. The van der Waals surface area contributed by atoms with E-state index in [2.05, 4.69) is 52.4 Å². The number of nitrogens with zero attached hydrogens (tertiary/aromatic N) is 4. The molecule has 130 valence electrons. The van der Waals surface area contributed by atoms with Gasteiger partial charge in [0.15, 0.2) is 5.82 Å². The summed E-state index contributed by atoms with van der Waals surface area (Å²) in [7, 11) is 0. The zero-order valence-corrected chi connectivity index (χ0v) is 15.5. The number of halogens is 1. The van der Waals surface area contributed by atoms with Crippen molar-refractivity contribution in [1.29, 1.82) is 0 Å². The van der Waals surface area contributed by atoms with Gasteiger partial charge in [0.1, 0.15) is 5.82 Å². The molecule has 0 aliphatic rings. The Kier molecular flexibility index (Phi) is 4.09. The second-order valence-corrected chi connectivity index (χ2v) is 6.80.